The van der Waals surface area contributed by atoms with Crippen molar-refractivity contribution in [2.45, 2.75) is 32.2 Å². The highest BCUT2D eigenvalue weighted by atomic mass is 32.2. The minimum absolute atomic E-state index is 0.0223. The van der Waals surface area contributed by atoms with Gasteiger partial charge in [-0.15, -0.1) is 0 Å². The molecule has 3 rings (SSSR count). The van der Waals surface area contributed by atoms with Crippen molar-refractivity contribution in [2.75, 3.05) is 24.7 Å². The number of amides is 2. The van der Waals surface area contributed by atoms with Crippen LogP contribution in [0.1, 0.15) is 31.1 Å². The van der Waals surface area contributed by atoms with Crippen LogP contribution in [0.3, 0.4) is 0 Å². The molecule has 2 aromatic rings. The highest BCUT2D eigenvalue weighted by Crippen LogP contribution is 2.23. The normalized spacial score (nSPS) is 17.4. The fourth-order valence-electron chi connectivity index (χ4n) is 3.30. The molecule has 1 atom stereocenters. The number of piperidine rings is 1. The molecule has 1 aromatic carbocycles. The molecule has 0 bridgehead atoms. The van der Waals surface area contributed by atoms with Crippen LogP contribution in [0.15, 0.2) is 23.0 Å². The summed E-state index contributed by atoms with van der Waals surface area (Å²) in [6.45, 7) is 2.04. The second-order valence-corrected chi connectivity index (χ2v) is 8.45. The first-order chi connectivity index (χ1) is 13.7. The maximum atomic E-state index is 13.2. The summed E-state index contributed by atoms with van der Waals surface area (Å²) in [5.74, 6) is -0.490. The molecule has 0 unspecified atom stereocenters. The molecule has 1 aromatic heterocycles. The first-order valence-electron chi connectivity index (χ1n) is 9.11. The number of fused-ring (bicyclic) bond motifs is 1. The highest BCUT2D eigenvalue weighted by Gasteiger charge is 2.30. The number of imide groups is 1. The standard InChI is InChI=1S/C18H22N4O6S/c1-11-20-13-6-3-5-12(19-9-4-10-28-29(2,26)27)16(13)18(25)22(11)14-7-8-15(23)21-17(14)24/h3,5-6,14,19H,4,7-10H2,1-2H3,(H,21,23,24)/t14-/m0/s1. The number of hydrogen-bond acceptors (Lipinski definition) is 8. The largest absolute Gasteiger partial charge is 0.384 e. The first-order valence-corrected chi connectivity index (χ1v) is 10.9. The van der Waals surface area contributed by atoms with E-state index in [0.717, 1.165) is 6.26 Å². The van der Waals surface area contributed by atoms with Gasteiger partial charge in [-0.1, -0.05) is 6.07 Å². The maximum Gasteiger partial charge on any atom is 0.264 e. The Hall–Kier alpha value is -2.79. The summed E-state index contributed by atoms with van der Waals surface area (Å²) in [4.78, 5) is 41.4. The van der Waals surface area contributed by atoms with Crippen molar-refractivity contribution in [1.82, 2.24) is 14.9 Å². The lowest BCUT2D eigenvalue weighted by Gasteiger charge is -2.24. The minimum atomic E-state index is -3.50. The van der Waals surface area contributed by atoms with E-state index in [9.17, 15) is 22.8 Å². The van der Waals surface area contributed by atoms with Crippen LogP contribution in [0.5, 0.6) is 0 Å². The Kier molecular flexibility index (Phi) is 5.99. The zero-order chi connectivity index (χ0) is 21.2. The predicted octanol–water partition coefficient (Wildman–Crippen LogP) is 0.461. The van der Waals surface area contributed by atoms with Gasteiger partial charge in [-0.25, -0.2) is 4.98 Å². The van der Waals surface area contributed by atoms with Gasteiger partial charge in [0.05, 0.1) is 23.8 Å². The molecule has 1 aliphatic heterocycles. The van der Waals surface area contributed by atoms with Gasteiger partial charge in [-0.2, -0.15) is 8.42 Å². The van der Waals surface area contributed by atoms with E-state index in [2.05, 4.69) is 15.6 Å². The molecule has 2 heterocycles. The molecule has 1 fully saturated rings. The topological polar surface area (TPSA) is 136 Å². The third-order valence-corrected chi connectivity index (χ3v) is 5.16. The van der Waals surface area contributed by atoms with Crippen LogP contribution in [0.2, 0.25) is 0 Å². The van der Waals surface area contributed by atoms with Crippen LogP contribution >= 0.6 is 0 Å². The maximum absolute atomic E-state index is 13.2. The van der Waals surface area contributed by atoms with E-state index in [0.29, 0.717) is 35.4 Å². The number of carbonyl (C=O) groups is 2. The SMILES string of the molecule is Cc1nc2cccc(NCCCOS(C)(=O)=O)c2c(=O)n1[C@H]1CCC(=O)NC1=O. The van der Waals surface area contributed by atoms with Crippen LogP contribution in [0.4, 0.5) is 5.69 Å². The van der Waals surface area contributed by atoms with Gasteiger partial charge >= 0.3 is 0 Å². The average molecular weight is 422 g/mol. The first kappa shape index (κ1) is 20.9. The van der Waals surface area contributed by atoms with Gasteiger partial charge in [0.25, 0.3) is 15.7 Å². The zero-order valence-corrected chi connectivity index (χ0v) is 16.9. The summed E-state index contributed by atoms with van der Waals surface area (Å²) in [7, 11) is -3.50. The Balaban J connectivity index is 1.89. The lowest BCUT2D eigenvalue weighted by Crippen LogP contribution is -2.45. The van der Waals surface area contributed by atoms with Crippen LogP contribution in [-0.4, -0.2) is 49.2 Å². The summed E-state index contributed by atoms with van der Waals surface area (Å²) >= 11 is 0. The van der Waals surface area contributed by atoms with Gasteiger partial charge < -0.3 is 5.32 Å². The van der Waals surface area contributed by atoms with Gasteiger partial charge in [0.2, 0.25) is 11.8 Å². The number of nitrogens with zero attached hydrogens (tertiary/aromatic N) is 2. The Morgan fingerprint density at radius 2 is 2.07 bits per heavy atom. The molecule has 2 amide bonds. The molecule has 1 aliphatic rings. The van der Waals surface area contributed by atoms with Crippen LogP contribution in [0.25, 0.3) is 10.9 Å². The molecular weight excluding hydrogens is 400 g/mol. The fraction of sp³-hybridized carbons (Fsp3) is 0.444. The molecule has 156 valence electrons. The van der Waals surface area contributed by atoms with Crippen molar-refractivity contribution < 1.29 is 22.2 Å². The van der Waals surface area contributed by atoms with Crippen LogP contribution in [-0.2, 0) is 23.9 Å². The van der Waals surface area contributed by atoms with Gasteiger partial charge in [-0.05, 0) is 31.9 Å². The van der Waals surface area contributed by atoms with Gasteiger partial charge in [0, 0.05) is 18.7 Å². The monoisotopic (exact) mass is 422 g/mol. The second kappa shape index (κ2) is 8.29. The lowest BCUT2D eigenvalue weighted by molar-refractivity contribution is -0.135. The second-order valence-electron chi connectivity index (χ2n) is 6.81. The summed E-state index contributed by atoms with van der Waals surface area (Å²) in [5, 5.41) is 5.69. The number of nitrogens with one attached hydrogen (secondary N) is 2. The quantitative estimate of drug-likeness (QED) is 0.373. The van der Waals surface area contributed by atoms with E-state index >= 15 is 0 Å². The highest BCUT2D eigenvalue weighted by molar-refractivity contribution is 7.85. The molecule has 0 spiro atoms. The molecular formula is C18H22N4O6S. The van der Waals surface area contributed by atoms with Crippen LogP contribution < -0.4 is 16.2 Å². The summed E-state index contributed by atoms with van der Waals surface area (Å²) in [6, 6.07) is 4.37. The number of aryl methyl sites for hydroxylation is 1. The van der Waals surface area contributed by atoms with Crippen molar-refractivity contribution in [2.24, 2.45) is 0 Å². The lowest BCUT2D eigenvalue weighted by atomic mass is 10.1. The van der Waals surface area contributed by atoms with Crippen LogP contribution in [0, 0.1) is 6.92 Å². The number of rotatable bonds is 7. The number of hydrogen-bond donors (Lipinski definition) is 2. The molecule has 0 radical (unpaired) electrons. The Labute approximate surface area is 167 Å². The number of carbonyl (C=O) groups excluding carboxylic acids is 2. The molecule has 11 heteroatoms. The molecule has 2 N–H and O–H groups in total. The fourth-order valence-corrected chi connectivity index (χ4v) is 3.72. The summed E-state index contributed by atoms with van der Waals surface area (Å²) in [6.07, 6.45) is 1.78. The average Bonchev–Trinajstić information content (AvgIpc) is 2.62. The zero-order valence-electron chi connectivity index (χ0n) is 16.1. The molecule has 1 saturated heterocycles. The third-order valence-electron chi connectivity index (χ3n) is 4.56. The Morgan fingerprint density at radius 1 is 1.31 bits per heavy atom. The van der Waals surface area contributed by atoms with Crippen molar-refractivity contribution in [3.05, 3.63) is 34.4 Å². The van der Waals surface area contributed by atoms with Crippen molar-refractivity contribution in [1.29, 1.82) is 0 Å². The Bertz CT molecular complexity index is 1130. The van der Waals surface area contributed by atoms with Crippen molar-refractivity contribution >= 4 is 38.5 Å². The van der Waals surface area contributed by atoms with Crippen molar-refractivity contribution in [3.63, 3.8) is 0 Å². The summed E-state index contributed by atoms with van der Waals surface area (Å²) in [5.41, 5.74) is 0.631. The van der Waals surface area contributed by atoms with E-state index in [-0.39, 0.29) is 30.9 Å². The van der Waals surface area contributed by atoms with E-state index < -0.39 is 22.1 Å². The van der Waals surface area contributed by atoms with Gasteiger partial charge in [-0.3, -0.25) is 28.5 Å². The summed E-state index contributed by atoms with van der Waals surface area (Å²) < 4.78 is 28.0. The smallest absolute Gasteiger partial charge is 0.264 e. The number of benzene rings is 1. The molecule has 29 heavy (non-hydrogen) atoms. The van der Waals surface area contributed by atoms with E-state index in [1.165, 1.54) is 4.57 Å². The van der Waals surface area contributed by atoms with Gasteiger partial charge in [0.15, 0.2) is 0 Å². The third kappa shape index (κ3) is 4.80. The predicted molar refractivity (Wildman–Crippen MR) is 106 cm³/mol. The number of aromatic nitrogens is 2. The minimum Gasteiger partial charge on any atom is -0.384 e. The number of anilines is 1. The molecule has 0 saturated carbocycles. The Morgan fingerprint density at radius 3 is 2.76 bits per heavy atom. The molecule has 10 nitrogen and oxygen atoms in total. The van der Waals surface area contributed by atoms with E-state index in [4.69, 9.17) is 4.18 Å². The van der Waals surface area contributed by atoms with Gasteiger partial charge in [0.1, 0.15) is 11.9 Å². The van der Waals surface area contributed by atoms with E-state index in [1.54, 1.807) is 25.1 Å². The van der Waals surface area contributed by atoms with E-state index in [1.807, 2.05) is 0 Å². The molecule has 0 aliphatic carbocycles. The van der Waals surface area contributed by atoms with Crippen molar-refractivity contribution in [3.8, 4) is 0 Å².